The van der Waals surface area contributed by atoms with Gasteiger partial charge in [-0.1, -0.05) is 19.9 Å². The van der Waals surface area contributed by atoms with Crippen LogP contribution in [0, 0.1) is 11.8 Å². The number of benzene rings is 1. The highest BCUT2D eigenvalue weighted by Crippen LogP contribution is 2.36. The molecule has 0 radical (unpaired) electrons. The number of aryl methyl sites for hydroxylation is 1. The van der Waals surface area contributed by atoms with E-state index in [1.807, 2.05) is 43.5 Å². The van der Waals surface area contributed by atoms with Crippen molar-refractivity contribution in [2.24, 2.45) is 5.18 Å². The van der Waals surface area contributed by atoms with E-state index in [0.717, 1.165) is 28.1 Å². The van der Waals surface area contributed by atoms with Crippen LogP contribution >= 0.6 is 0 Å². The number of hydrogen-bond donors (Lipinski definition) is 0. The molecule has 0 aliphatic carbocycles. The summed E-state index contributed by atoms with van der Waals surface area (Å²) in [5, 5.41) is 3.21. The van der Waals surface area contributed by atoms with Gasteiger partial charge in [0.1, 0.15) is 17.1 Å². The smallest absolute Gasteiger partial charge is 0.209 e. The third kappa shape index (κ3) is 2.48. The minimum atomic E-state index is 0.302. The predicted molar refractivity (Wildman–Crippen MR) is 91.5 cm³/mol. The largest absolute Gasteiger partial charge is 0.496 e. The molecule has 2 aromatic heterocycles. The van der Waals surface area contributed by atoms with Crippen LogP contribution in [-0.4, -0.2) is 16.5 Å². The first-order chi connectivity index (χ1) is 11.1. The maximum Gasteiger partial charge on any atom is 0.209 e. The van der Waals surface area contributed by atoms with E-state index in [-0.39, 0.29) is 0 Å². The fourth-order valence-corrected chi connectivity index (χ4v) is 2.81. The van der Waals surface area contributed by atoms with Gasteiger partial charge in [0.15, 0.2) is 0 Å². The Kier molecular flexibility index (Phi) is 3.86. The minimum absolute atomic E-state index is 0.302. The molecule has 0 N–H and O–H groups in total. The Hall–Kier alpha value is -2.69. The normalized spacial score (nSPS) is 11.2. The van der Waals surface area contributed by atoms with Crippen LogP contribution in [0.2, 0.25) is 0 Å². The summed E-state index contributed by atoms with van der Waals surface area (Å²) in [5.74, 6) is 1.46. The zero-order chi connectivity index (χ0) is 16.6. The molecule has 3 rings (SSSR count). The third-order valence-electron chi connectivity index (χ3n) is 4.03. The Morgan fingerprint density at radius 1 is 1.26 bits per heavy atom. The van der Waals surface area contributed by atoms with E-state index in [1.54, 1.807) is 11.5 Å². The average Bonchev–Trinajstić information content (AvgIpc) is 2.94. The van der Waals surface area contributed by atoms with Gasteiger partial charge in [0.2, 0.25) is 5.82 Å². The topological polar surface area (TPSA) is 56.0 Å². The Morgan fingerprint density at radius 2 is 2.04 bits per heavy atom. The van der Waals surface area contributed by atoms with Crippen LogP contribution in [0.15, 0.2) is 41.7 Å². The van der Waals surface area contributed by atoms with E-state index >= 15 is 0 Å². The number of nitroso groups, excluding NO2 is 1. The maximum absolute atomic E-state index is 11.4. The van der Waals surface area contributed by atoms with Crippen LogP contribution in [0.25, 0.3) is 16.9 Å². The van der Waals surface area contributed by atoms with E-state index in [2.05, 4.69) is 24.0 Å². The van der Waals surface area contributed by atoms with Crippen molar-refractivity contribution in [2.45, 2.75) is 26.7 Å². The Bertz CT molecular complexity index is 881. The number of methoxy groups -OCH3 is 1. The van der Waals surface area contributed by atoms with Gasteiger partial charge in [0, 0.05) is 11.8 Å². The zero-order valence-corrected chi connectivity index (χ0v) is 13.7. The van der Waals surface area contributed by atoms with Gasteiger partial charge in [-0.15, -0.1) is 4.91 Å². The number of nitrogens with zero attached hydrogens (tertiary/aromatic N) is 3. The first kappa shape index (κ1) is 15.2. The molecule has 0 saturated heterocycles. The molecule has 0 saturated carbocycles. The molecule has 0 atom stereocenters. The van der Waals surface area contributed by atoms with E-state index in [9.17, 15) is 4.91 Å². The van der Waals surface area contributed by atoms with Crippen LogP contribution in [0.5, 0.6) is 5.75 Å². The number of ether oxygens (including phenoxy) is 1. The van der Waals surface area contributed by atoms with Crippen molar-refractivity contribution in [1.82, 2.24) is 9.38 Å². The van der Waals surface area contributed by atoms with Crippen molar-refractivity contribution in [3.8, 4) is 17.0 Å². The van der Waals surface area contributed by atoms with Crippen molar-refractivity contribution in [3.63, 3.8) is 0 Å². The highest BCUT2D eigenvalue weighted by Gasteiger charge is 2.18. The van der Waals surface area contributed by atoms with Crippen LogP contribution in [0.1, 0.15) is 30.9 Å². The van der Waals surface area contributed by atoms with Crippen molar-refractivity contribution in [2.75, 3.05) is 7.11 Å². The van der Waals surface area contributed by atoms with Gasteiger partial charge < -0.3 is 4.74 Å². The molecule has 5 heteroatoms. The molecule has 2 heterocycles. The molecule has 118 valence electrons. The van der Waals surface area contributed by atoms with E-state index in [4.69, 9.17) is 4.74 Å². The number of hydrogen-bond acceptors (Lipinski definition) is 4. The quantitative estimate of drug-likeness (QED) is 0.648. The lowest BCUT2D eigenvalue weighted by atomic mass is 9.98. The standard InChI is InChI=1S/C18H19N3O2/c1-11(2)14-10-13(7-8-15(14)23-4)16-18(20-22)21-9-5-6-12(3)17(21)19-16/h5-11H,1-4H3. The second-order valence-corrected chi connectivity index (χ2v) is 5.87. The summed E-state index contributed by atoms with van der Waals surface area (Å²) in [6, 6.07) is 9.70. The van der Waals surface area contributed by atoms with Crippen LogP contribution in [0.4, 0.5) is 5.82 Å². The number of aromatic nitrogens is 2. The molecule has 0 unspecified atom stereocenters. The number of fused-ring (bicyclic) bond motifs is 1. The van der Waals surface area contributed by atoms with E-state index in [0.29, 0.717) is 17.4 Å². The van der Waals surface area contributed by atoms with Crippen molar-refractivity contribution >= 4 is 11.5 Å². The lowest BCUT2D eigenvalue weighted by molar-refractivity contribution is 0.407. The fourth-order valence-electron chi connectivity index (χ4n) is 2.81. The molecule has 0 spiro atoms. The molecule has 0 aliphatic rings. The van der Waals surface area contributed by atoms with E-state index in [1.165, 1.54) is 0 Å². The molecule has 3 aromatic rings. The summed E-state index contributed by atoms with van der Waals surface area (Å²) < 4.78 is 7.15. The molecule has 1 aromatic carbocycles. The summed E-state index contributed by atoms with van der Waals surface area (Å²) in [7, 11) is 1.66. The van der Waals surface area contributed by atoms with Gasteiger partial charge in [-0.3, -0.25) is 4.40 Å². The highest BCUT2D eigenvalue weighted by molar-refractivity contribution is 5.76. The lowest BCUT2D eigenvalue weighted by Crippen LogP contribution is -1.95. The second-order valence-electron chi connectivity index (χ2n) is 5.87. The number of rotatable bonds is 4. The van der Waals surface area contributed by atoms with Gasteiger partial charge in [-0.05, 0) is 53.4 Å². The maximum atomic E-state index is 11.4. The van der Waals surface area contributed by atoms with Crippen molar-refractivity contribution < 1.29 is 4.74 Å². The van der Waals surface area contributed by atoms with Gasteiger partial charge in [0.05, 0.1) is 7.11 Å². The van der Waals surface area contributed by atoms with E-state index < -0.39 is 0 Å². The SMILES string of the molecule is COc1ccc(-c2nc3c(C)cccn3c2N=O)cc1C(C)C. The second kappa shape index (κ2) is 5.83. The summed E-state index contributed by atoms with van der Waals surface area (Å²) in [4.78, 5) is 16.0. The highest BCUT2D eigenvalue weighted by atomic mass is 16.5. The first-order valence-electron chi connectivity index (χ1n) is 7.56. The Labute approximate surface area is 134 Å². The molecular weight excluding hydrogens is 290 g/mol. The van der Waals surface area contributed by atoms with Gasteiger partial charge in [0.25, 0.3) is 0 Å². The molecule has 0 fully saturated rings. The summed E-state index contributed by atoms with van der Waals surface area (Å²) in [6.45, 7) is 6.18. The van der Waals surface area contributed by atoms with Crippen molar-refractivity contribution in [1.29, 1.82) is 0 Å². The van der Waals surface area contributed by atoms with Crippen molar-refractivity contribution in [3.05, 3.63) is 52.6 Å². The third-order valence-corrected chi connectivity index (χ3v) is 4.03. The summed E-state index contributed by atoms with van der Waals surface area (Å²) in [6.07, 6.45) is 1.81. The number of pyridine rings is 1. The molecule has 23 heavy (non-hydrogen) atoms. The fraction of sp³-hybridized carbons (Fsp3) is 0.278. The molecular formula is C18H19N3O2. The Morgan fingerprint density at radius 3 is 2.70 bits per heavy atom. The van der Waals surface area contributed by atoms with Crippen LogP contribution in [0.3, 0.4) is 0 Å². The summed E-state index contributed by atoms with van der Waals surface area (Å²) >= 11 is 0. The molecule has 5 nitrogen and oxygen atoms in total. The number of imidazole rings is 1. The molecule has 0 bridgehead atoms. The zero-order valence-electron chi connectivity index (χ0n) is 13.7. The first-order valence-corrected chi connectivity index (χ1v) is 7.56. The van der Waals surface area contributed by atoms with Crippen LogP contribution < -0.4 is 4.74 Å². The Balaban J connectivity index is 2.26. The molecule has 0 amide bonds. The summed E-state index contributed by atoms with van der Waals surface area (Å²) in [5.41, 5.74) is 4.29. The average molecular weight is 309 g/mol. The van der Waals surface area contributed by atoms with Gasteiger partial charge >= 0.3 is 0 Å². The van der Waals surface area contributed by atoms with Gasteiger partial charge in [-0.2, -0.15) is 0 Å². The predicted octanol–water partition coefficient (Wildman–Crippen LogP) is 4.84. The lowest BCUT2D eigenvalue weighted by Gasteiger charge is -2.12. The monoisotopic (exact) mass is 309 g/mol. The van der Waals surface area contributed by atoms with Crippen LogP contribution in [-0.2, 0) is 0 Å². The van der Waals surface area contributed by atoms with Gasteiger partial charge in [-0.25, -0.2) is 4.98 Å². The molecule has 0 aliphatic heterocycles. The minimum Gasteiger partial charge on any atom is -0.496 e.